The second kappa shape index (κ2) is 4.95. The summed E-state index contributed by atoms with van der Waals surface area (Å²) in [6.07, 6.45) is -7.54. The van der Waals surface area contributed by atoms with Crippen molar-refractivity contribution >= 4 is 0 Å². The van der Waals surface area contributed by atoms with E-state index in [2.05, 4.69) is 4.74 Å². The Bertz CT molecular complexity index is 478. The zero-order chi connectivity index (χ0) is 14.1. The van der Waals surface area contributed by atoms with Gasteiger partial charge in [-0.1, -0.05) is 13.8 Å². The van der Waals surface area contributed by atoms with E-state index < -0.39 is 41.1 Å². The maximum absolute atomic E-state index is 12.5. The highest BCUT2D eigenvalue weighted by Gasteiger charge is 2.34. The van der Waals surface area contributed by atoms with E-state index in [0.29, 0.717) is 6.20 Å². The zero-order valence-corrected chi connectivity index (χ0v) is 9.44. The van der Waals surface area contributed by atoms with Gasteiger partial charge in [-0.05, 0) is 5.92 Å². The lowest BCUT2D eigenvalue weighted by atomic mass is 10.0. The highest BCUT2D eigenvalue weighted by Crippen LogP contribution is 2.28. The fraction of sp³-hybridized carbons (Fsp3) is 0.500. The minimum atomic E-state index is -5.00. The van der Waals surface area contributed by atoms with Crippen molar-refractivity contribution in [3.05, 3.63) is 27.5 Å². The number of halogens is 5. The predicted octanol–water partition coefficient (Wildman–Crippen LogP) is 3.33. The Hall–Kier alpha value is -1.60. The highest BCUT2D eigenvalue weighted by atomic mass is 19.4. The second-order valence-corrected chi connectivity index (χ2v) is 3.82. The molecule has 1 N–H and O–H groups in total. The number of hydrogen-bond donors (Lipinski definition) is 1. The second-order valence-electron chi connectivity index (χ2n) is 3.82. The minimum absolute atomic E-state index is 0.454. The lowest BCUT2D eigenvalue weighted by molar-refractivity contribution is -0.276. The van der Waals surface area contributed by atoms with E-state index in [1.165, 1.54) is 13.8 Å². The van der Waals surface area contributed by atoms with Crippen LogP contribution in [0.3, 0.4) is 0 Å². The van der Waals surface area contributed by atoms with Crippen molar-refractivity contribution in [2.24, 2.45) is 0 Å². The van der Waals surface area contributed by atoms with Crippen molar-refractivity contribution in [2.45, 2.75) is 32.6 Å². The molecule has 0 aromatic carbocycles. The Morgan fingerprint density at radius 2 is 1.83 bits per heavy atom. The lowest BCUT2D eigenvalue weighted by Gasteiger charge is -2.15. The van der Waals surface area contributed by atoms with Crippen LogP contribution in [0.25, 0.3) is 0 Å². The molecule has 0 bridgehead atoms. The van der Waals surface area contributed by atoms with E-state index in [1.807, 2.05) is 4.98 Å². The Kier molecular flexibility index (Phi) is 3.98. The van der Waals surface area contributed by atoms with Gasteiger partial charge in [0.05, 0.1) is 11.1 Å². The van der Waals surface area contributed by atoms with Gasteiger partial charge < -0.3 is 9.72 Å². The van der Waals surface area contributed by atoms with E-state index in [-0.39, 0.29) is 0 Å². The van der Waals surface area contributed by atoms with Crippen molar-refractivity contribution in [3.8, 4) is 5.88 Å². The monoisotopic (exact) mass is 271 g/mol. The predicted molar refractivity (Wildman–Crippen MR) is 52.8 cm³/mol. The molecular weight excluding hydrogens is 261 g/mol. The summed E-state index contributed by atoms with van der Waals surface area (Å²) in [6, 6.07) is 0. The quantitative estimate of drug-likeness (QED) is 0.857. The van der Waals surface area contributed by atoms with Crippen LogP contribution in [0.15, 0.2) is 11.0 Å². The van der Waals surface area contributed by atoms with Gasteiger partial charge in [0, 0.05) is 6.20 Å². The van der Waals surface area contributed by atoms with Gasteiger partial charge in [-0.25, -0.2) is 8.78 Å². The highest BCUT2D eigenvalue weighted by molar-refractivity contribution is 5.33. The molecule has 0 saturated heterocycles. The zero-order valence-electron chi connectivity index (χ0n) is 9.44. The standard InChI is InChI=1S/C10H10F5NO2/c1-4(2)6-7(17)5(8(11)12)3-16-9(6)18-10(13,14)15/h3-4,8H,1-2H3,(H,16,17). The van der Waals surface area contributed by atoms with Crippen LogP contribution in [-0.4, -0.2) is 11.3 Å². The largest absolute Gasteiger partial charge is 0.574 e. The Labute approximate surface area is 98.6 Å². The summed E-state index contributed by atoms with van der Waals surface area (Å²) >= 11 is 0. The number of H-pyrrole nitrogens is 1. The fourth-order valence-electron chi connectivity index (χ4n) is 1.43. The third-order valence-electron chi connectivity index (χ3n) is 2.14. The van der Waals surface area contributed by atoms with Gasteiger partial charge in [-0.2, -0.15) is 0 Å². The average molecular weight is 271 g/mol. The van der Waals surface area contributed by atoms with Crippen molar-refractivity contribution in [1.29, 1.82) is 0 Å². The van der Waals surface area contributed by atoms with Crippen LogP contribution in [0.1, 0.15) is 37.3 Å². The summed E-state index contributed by atoms with van der Waals surface area (Å²) in [4.78, 5) is 13.6. The molecule has 0 aliphatic heterocycles. The number of rotatable bonds is 3. The van der Waals surface area contributed by atoms with E-state index in [9.17, 15) is 26.7 Å². The molecule has 18 heavy (non-hydrogen) atoms. The van der Waals surface area contributed by atoms with Crippen molar-refractivity contribution in [2.75, 3.05) is 0 Å². The van der Waals surface area contributed by atoms with Gasteiger partial charge in [-0.15, -0.1) is 13.2 Å². The summed E-state index contributed by atoms with van der Waals surface area (Å²) in [7, 11) is 0. The van der Waals surface area contributed by atoms with Gasteiger partial charge in [0.2, 0.25) is 5.88 Å². The van der Waals surface area contributed by atoms with Crippen LogP contribution in [0, 0.1) is 0 Å². The van der Waals surface area contributed by atoms with Gasteiger partial charge >= 0.3 is 6.36 Å². The number of alkyl halides is 5. The summed E-state index contributed by atoms with van der Waals surface area (Å²) < 4.78 is 64.8. The Balaban J connectivity index is 3.38. The number of aromatic amines is 1. The molecule has 1 aromatic heterocycles. The van der Waals surface area contributed by atoms with E-state index in [1.54, 1.807) is 0 Å². The topological polar surface area (TPSA) is 42.1 Å². The molecule has 0 spiro atoms. The molecule has 0 unspecified atom stereocenters. The van der Waals surface area contributed by atoms with Crippen LogP contribution < -0.4 is 10.2 Å². The molecule has 0 aliphatic rings. The molecule has 102 valence electrons. The fourth-order valence-corrected chi connectivity index (χ4v) is 1.43. The van der Waals surface area contributed by atoms with Crippen molar-refractivity contribution in [3.63, 3.8) is 0 Å². The number of nitrogens with one attached hydrogen (secondary N) is 1. The maximum atomic E-state index is 12.5. The van der Waals surface area contributed by atoms with E-state index >= 15 is 0 Å². The normalized spacial score (nSPS) is 12.3. The molecule has 8 heteroatoms. The van der Waals surface area contributed by atoms with Gasteiger partial charge in [0.1, 0.15) is 0 Å². The third-order valence-corrected chi connectivity index (χ3v) is 2.14. The number of hydrogen-bond acceptors (Lipinski definition) is 2. The first-order valence-corrected chi connectivity index (χ1v) is 4.93. The molecule has 0 saturated carbocycles. The molecule has 0 amide bonds. The van der Waals surface area contributed by atoms with Crippen LogP contribution >= 0.6 is 0 Å². The number of ether oxygens (including phenoxy) is 1. The molecule has 1 aromatic rings. The molecule has 0 radical (unpaired) electrons. The Morgan fingerprint density at radius 3 is 2.22 bits per heavy atom. The van der Waals surface area contributed by atoms with Crippen LogP contribution in [0.4, 0.5) is 22.0 Å². The van der Waals surface area contributed by atoms with Crippen LogP contribution in [-0.2, 0) is 0 Å². The molecule has 1 heterocycles. The van der Waals surface area contributed by atoms with Gasteiger partial charge in [0.25, 0.3) is 6.43 Å². The molecule has 1 rings (SSSR count). The summed E-state index contributed by atoms with van der Waals surface area (Å²) in [6.45, 7) is 2.81. The molecule has 0 fully saturated rings. The summed E-state index contributed by atoms with van der Waals surface area (Å²) in [5.41, 5.74) is -2.48. The van der Waals surface area contributed by atoms with Gasteiger partial charge in [-0.3, -0.25) is 4.79 Å². The third kappa shape index (κ3) is 3.21. The smallest absolute Gasteiger partial charge is 0.389 e. The van der Waals surface area contributed by atoms with Crippen LogP contribution in [0.2, 0.25) is 0 Å². The first-order chi connectivity index (χ1) is 8.13. The van der Waals surface area contributed by atoms with E-state index in [4.69, 9.17) is 0 Å². The van der Waals surface area contributed by atoms with Gasteiger partial charge in [0.15, 0.2) is 5.43 Å². The SMILES string of the molecule is CC(C)c1c(OC(F)(F)F)[nH]cc(C(F)F)c1=O. The summed E-state index contributed by atoms with van der Waals surface area (Å²) in [5, 5.41) is 0. The lowest BCUT2D eigenvalue weighted by Crippen LogP contribution is -2.24. The van der Waals surface area contributed by atoms with E-state index in [0.717, 1.165) is 0 Å². The Morgan fingerprint density at radius 1 is 1.28 bits per heavy atom. The maximum Gasteiger partial charge on any atom is 0.574 e. The number of aromatic nitrogens is 1. The summed E-state index contributed by atoms with van der Waals surface area (Å²) in [5.74, 6) is -1.54. The van der Waals surface area contributed by atoms with Crippen LogP contribution in [0.5, 0.6) is 5.88 Å². The first-order valence-electron chi connectivity index (χ1n) is 4.93. The number of pyridine rings is 1. The van der Waals surface area contributed by atoms with Crippen molar-refractivity contribution < 1.29 is 26.7 Å². The minimum Gasteiger partial charge on any atom is -0.389 e. The molecule has 0 atom stereocenters. The molecular formula is C10H10F5NO2. The van der Waals surface area contributed by atoms with Crippen molar-refractivity contribution in [1.82, 2.24) is 4.98 Å². The average Bonchev–Trinajstić information content (AvgIpc) is 2.13. The molecule has 3 nitrogen and oxygen atoms in total. The molecule has 0 aliphatic carbocycles. The first kappa shape index (κ1) is 14.5.